The minimum absolute atomic E-state index is 0.0471. The van der Waals surface area contributed by atoms with Crippen LogP contribution in [-0.2, 0) is 17.8 Å². The molecule has 24 heavy (non-hydrogen) atoms. The molecule has 6 heteroatoms. The first-order valence-corrected chi connectivity index (χ1v) is 9.98. The van der Waals surface area contributed by atoms with E-state index in [1.54, 1.807) is 18.3 Å². The average Bonchev–Trinajstić information content (AvgIpc) is 3.19. The first-order chi connectivity index (χ1) is 11.6. The Balaban J connectivity index is 1.49. The third-order valence-electron chi connectivity index (χ3n) is 4.20. The van der Waals surface area contributed by atoms with E-state index in [-0.39, 0.29) is 17.7 Å². The third kappa shape index (κ3) is 4.75. The highest BCUT2D eigenvalue weighted by Gasteiger charge is 2.22. The smallest absolute Gasteiger partial charge is 0.224 e. The van der Waals surface area contributed by atoms with Crippen molar-refractivity contribution in [2.24, 2.45) is 0 Å². The van der Waals surface area contributed by atoms with E-state index in [0.717, 1.165) is 42.9 Å². The number of Topliss-reactive ketones (excluding diaryl/α,β-unsaturated/α-hetero) is 1. The van der Waals surface area contributed by atoms with Gasteiger partial charge in [-0.25, -0.2) is 0 Å². The zero-order chi connectivity index (χ0) is 16.9. The second kappa shape index (κ2) is 8.05. The Bertz CT molecular complexity index is 694. The van der Waals surface area contributed by atoms with Crippen LogP contribution in [0.3, 0.4) is 0 Å². The van der Waals surface area contributed by atoms with E-state index in [2.05, 4.69) is 27.7 Å². The Morgan fingerprint density at radius 3 is 2.96 bits per heavy atom. The van der Waals surface area contributed by atoms with E-state index in [4.69, 9.17) is 0 Å². The lowest BCUT2D eigenvalue weighted by atomic mass is 10.0. The SMILES string of the molecule is CC(=O)c1cc(CC(=O)N[C@H]2CCCN(Cc3cccs3)C2)cs1. The molecule has 3 heterocycles. The summed E-state index contributed by atoms with van der Waals surface area (Å²) >= 11 is 3.19. The summed E-state index contributed by atoms with van der Waals surface area (Å²) < 4.78 is 0. The maximum atomic E-state index is 12.3. The van der Waals surface area contributed by atoms with E-state index in [1.165, 1.54) is 16.2 Å². The molecule has 1 aliphatic rings. The van der Waals surface area contributed by atoms with Crippen molar-refractivity contribution < 1.29 is 9.59 Å². The van der Waals surface area contributed by atoms with Gasteiger partial charge >= 0.3 is 0 Å². The van der Waals surface area contributed by atoms with Gasteiger partial charge in [0.15, 0.2) is 5.78 Å². The number of hydrogen-bond donors (Lipinski definition) is 1. The lowest BCUT2D eigenvalue weighted by Crippen LogP contribution is -2.47. The molecule has 0 radical (unpaired) electrons. The highest BCUT2D eigenvalue weighted by atomic mass is 32.1. The lowest BCUT2D eigenvalue weighted by Gasteiger charge is -2.32. The van der Waals surface area contributed by atoms with Crippen LogP contribution in [0.1, 0.15) is 39.9 Å². The molecule has 0 aromatic carbocycles. The summed E-state index contributed by atoms with van der Waals surface area (Å²) in [5.74, 6) is 0.106. The first-order valence-electron chi connectivity index (χ1n) is 8.22. The molecular formula is C18H22N2O2S2. The van der Waals surface area contributed by atoms with Gasteiger partial charge in [0.25, 0.3) is 0 Å². The Kier molecular flexibility index (Phi) is 5.81. The van der Waals surface area contributed by atoms with Crippen molar-refractivity contribution >= 4 is 34.4 Å². The number of nitrogens with one attached hydrogen (secondary N) is 1. The number of carbonyl (C=O) groups is 2. The normalized spacial score (nSPS) is 18.5. The Morgan fingerprint density at radius 1 is 1.38 bits per heavy atom. The molecule has 0 bridgehead atoms. The maximum Gasteiger partial charge on any atom is 0.224 e. The molecule has 128 valence electrons. The number of thiophene rings is 2. The van der Waals surface area contributed by atoms with Crippen molar-refractivity contribution in [1.29, 1.82) is 0 Å². The number of hydrogen-bond acceptors (Lipinski definition) is 5. The molecule has 2 aromatic rings. The Labute approximate surface area is 150 Å². The predicted molar refractivity (Wildman–Crippen MR) is 98.8 cm³/mol. The molecule has 1 saturated heterocycles. The van der Waals surface area contributed by atoms with Gasteiger partial charge in [0.2, 0.25) is 5.91 Å². The number of piperidine rings is 1. The molecule has 1 atom stereocenters. The molecule has 0 saturated carbocycles. The number of carbonyl (C=O) groups excluding carboxylic acids is 2. The molecule has 0 aliphatic carbocycles. The van der Waals surface area contributed by atoms with Gasteiger partial charge in [0.05, 0.1) is 11.3 Å². The second-order valence-corrected chi connectivity index (χ2v) is 8.22. The van der Waals surface area contributed by atoms with Gasteiger partial charge in [-0.3, -0.25) is 14.5 Å². The van der Waals surface area contributed by atoms with Crippen LogP contribution in [0, 0.1) is 0 Å². The first kappa shape index (κ1) is 17.3. The van der Waals surface area contributed by atoms with Crippen molar-refractivity contribution in [2.75, 3.05) is 13.1 Å². The van der Waals surface area contributed by atoms with Gasteiger partial charge < -0.3 is 5.32 Å². The van der Waals surface area contributed by atoms with Crippen molar-refractivity contribution in [3.8, 4) is 0 Å². The fraction of sp³-hybridized carbons (Fsp3) is 0.444. The molecule has 1 aliphatic heterocycles. The molecule has 1 amide bonds. The highest BCUT2D eigenvalue weighted by Crippen LogP contribution is 2.18. The minimum atomic E-state index is 0.0471. The van der Waals surface area contributed by atoms with Crippen LogP contribution in [0.5, 0.6) is 0 Å². The monoisotopic (exact) mass is 362 g/mol. The van der Waals surface area contributed by atoms with E-state index in [0.29, 0.717) is 6.42 Å². The van der Waals surface area contributed by atoms with E-state index >= 15 is 0 Å². The quantitative estimate of drug-likeness (QED) is 0.802. The van der Waals surface area contributed by atoms with Crippen molar-refractivity contribution in [3.63, 3.8) is 0 Å². The average molecular weight is 363 g/mol. The van der Waals surface area contributed by atoms with Crippen molar-refractivity contribution in [3.05, 3.63) is 44.3 Å². The highest BCUT2D eigenvalue weighted by molar-refractivity contribution is 7.12. The van der Waals surface area contributed by atoms with Gasteiger partial charge in [-0.15, -0.1) is 22.7 Å². The zero-order valence-electron chi connectivity index (χ0n) is 13.8. The standard InChI is InChI=1S/C18H22N2O2S2/c1-13(21)17-8-14(12-24-17)9-18(22)19-15-4-2-6-20(10-15)11-16-5-3-7-23-16/h3,5,7-8,12,15H,2,4,6,9-11H2,1H3,(H,19,22)/t15-/m0/s1. The molecule has 4 nitrogen and oxygen atoms in total. The summed E-state index contributed by atoms with van der Waals surface area (Å²) in [5, 5.41) is 7.17. The Hall–Kier alpha value is -1.50. The molecule has 1 fully saturated rings. The number of likely N-dealkylation sites (tertiary alicyclic amines) is 1. The molecule has 2 aromatic heterocycles. The summed E-state index contributed by atoms with van der Waals surface area (Å²) in [6.45, 7) is 4.53. The third-order valence-corrected chi connectivity index (χ3v) is 6.14. The fourth-order valence-corrected chi connectivity index (χ4v) is 4.62. The minimum Gasteiger partial charge on any atom is -0.352 e. The zero-order valence-corrected chi connectivity index (χ0v) is 15.4. The van der Waals surface area contributed by atoms with Gasteiger partial charge in [0, 0.05) is 24.0 Å². The van der Waals surface area contributed by atoms with Crippen LogP contribution in [0.2, 0.25) is 0 Å². The van der Waals surface area contributed by atoms with E-state index < -0.39 is 0 Å². The van der Waals surface area contributed by atoms with Crippen LogP contribution in [0.4, 0.5) is 0 Å². The van der Waals surface area contributed by atoms with E-state index in [1.807, 2.05) is 11.4 Å². The number of nitrogens with zero attached hydrogens (tertiary/aromatic N) is 1. The summed E-state index contributed by atoms with van der Waals surface area (Å²) in [4.78, 5) is 28.1. The second-order valence-electron chi connectivity index (χ2n) is 6.27. The lowest BCUT2D eigenvalue weighted by molar-refractivity contribution is -0.121. The summed E-state index contributed by atoms with van der Waals surface area (Å²) in [6.07, 6.45) is 2.50. The van der Waals surface area contributed by atoms with Crippen LogP contribution >= 0.6 is 22.7 Å². The predicted octanol–water partition coefficient (Wildman–Crippen LogP) is 3.34. The summed E-state index contributed by atoms with van der Waals surface area (Å²) in [7, 11) is 0. The van der Waals surface area contributed by atoms with Crippen molar-refractivity contribution in [2.45, 2.75) is 38.8 Å². The molecule has 0 unspecified atom stereocenters. The van der Waals surface area contributed by atoms with Crippen molar-refractivity contribution in [1.82, 2.24) is 10.2 Å². The largest absolute Gasteiger partial charge is 0.352 e. The number of ketones is 1. The van der Waals surface area contributed by atoms with E-state index in [9.17, 15) is 9.59 Å². The molecule has 0 spiro atoms. The topological polar surface area (TPSA) is 49.4 Å². The molecule has 1 N–H and O–H groups in total. The van der Waals surface area contributed by atoms with Crippen LogP contribution < -0.4 is 5.32 Å². The van der Waals surface area contributed by atoms with Gasteiger partial charge in [0.1, 0.15) is 0 Å². The van der Waals surface area contributed by atoms with Gasteiger partial charge in [-0.05, 0) is 54.8 Å². The van der Waals surface area contributed by atoms with Crippen LogP contribution in [-0.4, -0.2) is 35.7 Å². The molecule has 3 rings (SSSR count). The van der Waals surface area contributed by atoms with Gasteiger partial charge in [-0.2, -0.15) is 0 Å². The number of rotatable bonds is 6. The van der Waals surface area contributed by atoms with Crippen LogP contribution in [0.25, 0.3) is 0 Å². The Morgan fingerprint density at radius 2 is 2.25 bits per heavy atom. The summed E-state index contributed by atoms with van der Waals surface area (Å²) in [6, 6.07) is 6.29. The maximum absolute atomic E-state index is 12.3. The van der Waals surface area contributed by atoms with Gasteiger partial charge in [-0.1, -0.05) is 6.07 Å². The number of amides is 1. The fourth-order valence-electron chi connectivity index (χ4n) is 3.06. The summed E-state index contributed by atoms with van der Waals surface area (Å²) in [5.41, 5.74) is 0.925. The van der Waals surface area contributed by atoms with Crippen LogP contribution in [0.15, 0.2) is 29.0 Å². The molecular weight excluding hydrogens is 340 g/mol.